The maximum atomic E-state index is 14.3. The summed E-state index contributed by atoms with van der Waals surface area (Å²) in [4.78, 5) is 29.5. The second-order valence-electron chi connectivity index (χ2n) is 9.27. The lowest BCUT2D eigenvalue weighted by molar-refractivity contribution is -0.120. The number of esters is 1. The number of amides is 1. The summed E-state index contributed by atoms with van der Waals surface area (Å²) in [7, 11) is 2.93. The Bertz CT molecular complexity index is 1630. The molecular formula is C32H27FN2O6. The SMILES string of the molecule is COc1cc(/C=C2/C(C)=C(CC(=O)NCc3ccco3)c3cc(F)ccc32)cc(OC)c1OC(=O)c1cccnc1. The molecule has 0 saturated carbocycles. The molecule has 0 spiro atoms. The molecule has 1 aliphatic rings. The number of methoxy groups -OCH3 is 2. The first-order valence-corrected chi connectivity index (χ1v) is 12.8. The Morgan fingerprint density at radius 3 is 2.46 bits per heavy atom. The van der Waals surface area contributed by atoms with Crippen molar-refractivity contribution < 1.29 is 32.6 Å². The van der Waals surface area contributed by atoms with Crippen molar-refractivity contribution in [3.63, 3.8) is 0 Å². The molecule has 0 radical (unpaired) electrons. The van der Waals surface area contributed by atoms with Gasteiger partial charge in [0.15, 0.2) is 11.5 Å². The highest BCUT2D eigenvalue weighted by atomic mass is 19.1. The van der Waals surface area contributed by atoms with Gasteiger partial charge in [-0.25, -0.2) is 9.18 Å². The van der Waals surface area contributed by atoms with Crippen LogP contribution in [0.2, 0.25) is 0 Å². The molecule has 0 unspecified atom stereocenters. The van der Waals surface area contributed by atoms with Gasteiger partial charge in [-0.3, -0.25) is 9.78 Å². The monoisotopic (exact) mass is 554 g/mol. The number of pyridine rings is 1. The summed E-state index contributed by atoms with van der Waals surface area (Å²) in [6.45, 7) is 2.16. The Morgan fingerprint density at radius 1 is 1.02 bits per heavy atom. The number of hydrogen-bond donors (Lipinski definition) is 1. The molecule has 5 rings (SSSR count). The summed E-state index contributed by atoms with van der Waals surface area (Å²) in [6, 6.07) is 14.7. The van der Waals surface area contributed by atoms with Gasteiger partial charge in [-0.2, -0.15) is 0 Å². The number of ether oxygens (including phenoxy) is 3. The van der Waals surface area contributed by atoms with Crippen LogP contribution in [0.5, 0.6) is 17.2 Å². The Kier molecular flexibility index (Phi) is 7.96. The van der Waals surface area contributed by atoms with Gasteiger partial charge in [0, 0.05) is 12.4 Å². The number of carbonyl (C=O) groups is 2. The van der Waals surface area contributed by atoms with Crippen LogP contribution in [0.4, 0.5) is 4.39 Å². The molecule has 1 aliphatic carbocycles. The van der Waals surface area contributed by atoms with Crippen molar-refractivity contribution >= 4 is 29.1 Å². The van der Waals surface area contributed by atoms with Crippen molar-refractivity contribution in [3.05, 3.63) is 113 Å². The van der Waals surface area contributed by atoms with Crippen molar-refractivity contribution in [2.24, 2.45) is 0 Å². The summed E-state index contributed by atoms with van der Waals surface area (Å²) in [5.41, 5.74) is 4.79. The third kappa shape index (κ3) is 5.89. The third-order valence-corrected chi connectivity index (χ3v) is 6.72. The molecule has 1 N–H and O–H groups in total. The molecule has 208 valence electrons. The molecule has 41 heavy (non-hydrogen) atoms. The number of furan rings is 1. The van der Waals surface area contributed by atoms with E-state index < -0.39 is 11.8 Å². The zero-order chi connectivity index (χ0) is 28.9. The molecule has 9 heteroatoms. The van der Waals surface area contributed by atoms with Crippen LogP contribution in [-0.4, -0.2) is 31.1 Å². The van der Waals surface area contributed by atoms with E-state index in [0.29, 0.717) is 16.9 Å². The standard InChI is InChI=1S/C32H27FN2O6/c1-19-25(24-9-8-22(33)15-27(24)26(19)16-30(36)35-18-23-7-5-11-40-23)12-20-13-28(38-2)31(29(14-20)39-3)41-32(37)21-6-4-10-34-17-21/h4-15,17H,16,18H2,1-3H3,(H,35,36)/b25-12-. The fourth-order valence-corrected chi connectivity index (χ4v) is 4.69. The zero-order valence-electron chi connectivity index (χ0n) is 22.7. The number of nitrogens with zero attached hydrogens (tertiary/aromatic N) is 1. The van der Waals surface area contributed by atoms with Crippen LogP contribution in [0, 0.1) is 5.82 Å². The Hall–Kier alpha value is -5.18. The Labute approximate surface area is 236 Å². The maximum Gasteiger partial charge on any atom is 0.345 e. The second kappa shape index (κ2) is 11.9. The number of benzene rings is 2. The van der Waals surface area contributed by atoms with E-state index in [1.807, 2.05) is 13.0 Å². The fourth-order valence-electron chi connectivity index (χ4n) is 4.69. The zero-order valence-corrected chi connectivity index (χ0v) is 22.7. The van der Waals surface area contributed by atoms with Gasteiger partial charge in [-0.05, 0) is 94.9 Å². The van der Waals surface area contributed by atoms with E-state index in [1.165, 1.54) is 32.5 Å². The lowest BCUT2D eigenvalue weighted by Gasteiger charge is -2.15. The minimum Gasteiger partial charge on any atom is -0.493 e. The minimum absolute atomic E-state index is 0.0657. The van der Waals surface area contributed by atoms with Gasteiger partial charge >= 0.3 is 5.97 Å². The summed E-state index contributed by atoms with van der Waals surface area (Å²) < 4.78 is 36.3. The van der Waals surface area contributed by atoms with E-state index in [4.69, 9.17) is 18.6 Å². The lowest BCUT2D eigenvalue weighted by Crippen LogP contribution is -2.22. The van der Waals surface area contributed by atoms with Crippen LogP contribution in [0.1, 0.15) is 46.2 Å². The predicted molar refractivity (Wildman–Crippen MR) is 151 cm³/mol. The molecular weight excluding hydrogens is 527 g/mol. The van der Waals surface area contributed by atoms with Gasteiger partial charge in [0.05, 0.1) is 39.0 Å². The number of fused-ring (bicyclic) bond motifs is 1. The summed E-state index contributed by atoms with van der Waals surface area (Å²) in [5, 5.41) is 2.85. The first-order chi connectivity index (χ1) is 19.9. The van der Waals surface area contributed by atoms with Crippen molar-refractivity contribution in [1.82, 2.24) is 10.3 Å². The van der Waals surface area contributed by atoms with Crippen molar-refractivity contribution in [2.45, 2.75) is 19.9 Å². The number of halogens is 1. The molecule has 0 bridgehead atoms. The molecule has 0 fully saturated rings. The van der Waals surface area contributed by atoms with Gasteiger partial charge in [0.2, 0.25) is 11.7 Å². The van der Waals surface area contributed by atoms with Crippen molar-refractivity contribution in [3.8, 4) is 17.2 Å². The van der Waals surface area contributed by atoms with Crippen LogP contribution in [0.25, 0.3) is 17.2 Å². The molecule has 0 atom stereocenters. The molecule has 4 aromatic rings. The van der Waals surface area contributed by atoms with E-state index in [2.05, 4.69) is 10.3 Å². The maximum absolute atomic E-state index is 14.3. The van der Waals surface area contributed by atoms with E-state index in [0.717, 1.165) is 22.3 Å². The molecule has 1 amide bonds. The number of allylic oxidation sites excluding steroid dienone is 2. The van der Waals surface area contributed by atoms with E-state index >= 15 is 0 Å². The molecule has 2 aromatic carbocycles. The number of aromatic nitrogens is 1. The molecule has 8 nitrogen and oxygen atoms in total. The largest absolute Gasteiger partial charge is 0.493 e. The van der Waals surface area contributed by atoms with Crippen LogP contribution in [-0.2, 0) is 11.3 Å². The van der Waals surface area contributed by atoms with Gasteiger partial charge < -0.3 is 23.9 Å². The quantitative estimate of drug-likeness (QED) is 0.198. The normalized spacial score (nSPS) is 13.2. The first-order valence-electron chi connectivity index (χ1n) is 12.8. The highest BCUT2D eigenvalue weighted by Gasteiger charge is 2.26. The second-order valence-corrected chi connectivity index (χ2v) is 9.27. The average molecular weight is 555 g/mol. The first kappa shape index (κ1) is 27.4. The molecule has 0 aliphatic heterocycles. The number of rotatable bonds is 9. The molecule has 0 saturated heterocycles. The van der Waals surface area contributed by atoms with Crippen LogP contribution in [0.15, 0.2) is 83.2 Å². The van der Waals surface area contributed by atoms with E-state index in [-0.39, 0.29) is 41.7 Å². The van der Waals surface area contributed by atoms with Crippen LogP contribution in [0.3, 0.4) is 0 Å². The van der Waals surface area contributed by atoms with Crippen molar-refractivity contribution in [1.29, 1.82) is 0 Å². The average Bonchev–Trinajstić information content (AvgIpc) is 3.59. The Balaban J connectivity index is 1.48. The fraction of sp³-hybridized carbons (Fsp3) is 0.156. The van der Waals surface area contributed by atoms with Crippen LogP contribution < -0.4 is 19.5 Å². The summed E-state index contributed by atoms with van der Waals surface area (Å²) in [6.07, 6.45) is 6.48. The third-order valence-electron chi connectivity index (χ3n) is 6.72. The number of carbonyl (C=O) groups excluding carboxylic acids is 2. The summed E-state index contributed by atoms with van der Waals surface area (Å²) in [5.74, 6) is 0.113. The molecule has 2 aromatic heterocycles. The lowest BCUT2D eigenvalue weighted by atomic mass is 10.00. The van der Waals surface area contributed by atoms with Gasteiger partial charge in [0.25, 0.3) is 0 Å². The highest BCUT2D eigenvalue weighted by Crippen LogP contribution is 2.45. The van der Waals surface area contributed by atoms with E-state index in [9.17, 15) is 14.0 Å². The number of nitrogens with one attached hydrogen (secondary N) is 1. The summed E-state index contributed by atoms with van der Waals surface area (Å²) >= 11 is 0. The smallest absolute Gasteiger partial charge is 0.345 e. The Morgan fingerprint density at radius 2 is 1.80 bits per heavy atom. The van der Waals surface area contributed by atoms with E-state index in [1.54, 1.807) is 54.9 Å². The van der Waals surface area contributed by atoms with Gasteiger partial charge in [-0.15, -0.1) is 0 Å². The molecule has 2 heterocycles. The number of hydrogen-bond acceptors (Lipinski definition) is 7. The highest BCUT2D eigenvalue weighted by molar-refractivity contribution is 6.08. The minimum atomic E-state index is -0.610. The van der Waals surface area contributed by atoms with Crippen molar-refractivity contribution in [2.75, 3.05) is 14.2 Å². The topological polar surface area (TPSA) is 99.9 Å². The predicted octanol–water partition coefficient (Wildman–Crippen LogP) is 6.08. The van der Waals surface area contributed by atoms with Gasteiger partial charge in [-0.1, -0.05) is 6.07 Å². The van der Waals surface area contributed by atoms with Crippen LogP contribution >= 0.6 is 0 Å². The van der Waals surface area contributed by atoms with Gasteiger partial charge in [0.1, 0.15) is 11.6 Å².